The Morgan fingerprint density at radius 2 is 1.77 bits per heavy atom. The second-order valence-corrected chi connectivity index (χ2v) is 6.66. The van der Waals surface area contributed by atoms with Crippen LogP contribution in [0.4, 0.5) is 0 Å². The van der Waals surface area contributed by atoms with Gasteiger partial charge in [-0.15, -0.1) is 0 Å². The molecular formula is C21H25NO3S. The Balaban J connectivity index is 1.73. The molecule has 0 bridgehead atoms. The molecule has 0 unspecified atom stereocenters. The van der Waals surface area contributed by atoms with Crippen molar-refractivity contribution in [1.82, 2.24) is 4.90 Å². The predicted octanol–water partition coefficient (Wildman–Crippen LogP) is 3.98. The molecule has 0 aromatic heterocycles. The lowest BCUT2D eigenvalue weighted by Gasteiger charge is -2.29. The van der Waals surface area contributed by atoms with Crippen LogP contribution in [0.2, 0.25) is 0 Å². The number of morpholine rings is 1. The van der Waals surface area contributed by atoms with E-state index in [1.165, 1.54) is 5.56 Å². The molecule has 2 aromatic rings. The second-order valence-electron chi connectivity index (χ2n) is 6.27. The Hall–Kier alpha value is -2.11. The highest BCUT2D eigenvalue weighted by molar-refractivity contribution is 7.80. The lowest BCUT2D eigenvalue weighted by atomic mass is 10.1. The van der Waals surface area contributed by atoms with Gasteiger partial charge in [-0.2, -0.15) is 0 Å². The van der Waals surface area contributed by atoms with Crippen molar-refractivity contribution >= 4 is 17.2 Å². The third-order valence-corrected chi connectivity index (χ3v) is 4.80. The number of hydrogen-bond donors (Lipinski definition) is 0. The first kappa shape index (κ1) is 18.7. The van der Waals surface area contributed by atoms with Crippen molar-refractivity contribution in [3.05, 3.63) is 59.2 Å². The topological polar surface area (TPSA) is 30.9 Å². The first-order valence-corrected chi connectivity index (χ1v) is 9.40. The summed E-state index contributed by atoms with van der Waals surface area (Å²) in [6.45, 7) is 8.22. The Morgan fingerprint density at radius 1 is 1.04 bits per heavy atom. The van der Waals surface area contributed by atoms with E-state index >= 15 is 0 Å². The molecular weight excluding hydrogens is 346 g/mol. The van der Waals surface area contributed by atoms with Gasteiger partial charge in [0, 0.05) is 18.7 Å². The molecule has 0 aliphatic carbocycles. The summed E-state index contributed by atoms with van der Waals surface area (Å²) in [5.74, 6) is 1.47. The van der Waals surface area contributed by atoms with E-state index in [0.717, 1.165) is 53.9 Å². The lowest BCUT2D eigenvalue weighted by Crippen LogP contribution is -2.40. The van der Waals surface area contributed by atoms with E-state index in [-0.39, 0.29) is 0 Å². The van der Waals surface area contributed by atoms with E-state index in [0.29, 0.717) is 13.2 Å². The SMILES string of the molecule is CCOc1cc(C(=S)N2CCOCC2)ccc1OCc1ccc(C)cc1. The van der Waals surface area contributed by atoms with Gasteiger partial charge in [-0.1, -0.05) is 42.0 Å². The summed E-state index contributed by atoms with van der Waals surface area (Å²) in [5.41, 5.74) is 3.35. The van der Waals surface area contributed by atoms with E-state index in [4.69, 9.17) is 26.4 Å². The first-order valence-electron chi connectivity index (χ1n) is 8.99. The zero-order valence-corrected chi connectivity index (χ0v) is 16.2. The third kappa shape index (κ3) is 4.74. The molecule has 0 radical (unpaired) electrons. The van der Waals surface area contributed by atoms with Crippen LogP contribution in [0.15, 0.2) is 42.5 Å². The Labute approximate surface area is 160 Å². The maximum absolute atomic E-state index is 5.99. The Bertz CT molecular complexity index is 739. The van der Waals surface area contributed by atoms with E-state index < -0.39 is 0 Å². The quantitative estimate of drug-likeness (QED) is 0.717. The maximum Gasteiger partial charge on any atom is 0.161 e. The fourth-order valence-corrected chi connectivity index (χ4v) is 3.13. The van der Waals surface area contributed by atoms with Gasteiger partial charge in [-0.3, -0.25) is 0 Å². The van der Waals surface area contributed by atoms with Crippen molar-refractivity contribution in [2.24, 2.45) is 0 Å². The van der Waals surface area contributed by atoms with E-state index in [1.54, 1.807) is 0 Å². The van der Waals surface area contributed by atoms with Gasteiger partial charge in [0.2, 0.25) is 0 Å². The molecule has 1 heterocycles. The zero-order valence-electron chi connectivity index (χ0n) is 15.4. The fraction of sp³-hybridized carbons (Fsp3) is 0.381. The number of thiocarbonyl (C=S) groups is 1. The summed E-state index contributed by atoms with van der Waals surface area (Å²) in [7, 11) is 0. The normalized spacial score (nSPS) is 14.2. The number of nitrogens with zero attached hydrogens (tertiary/aromatic N) is 1. The predicted molar refractivity (Wildman–Crippen MR) is 107 cm³/mol. The van der Waals surface area contributed by atoms with Crippen LogP contribution in [-0.2, 0) is 11.3 Å². The minimum absolute atomic E-state index is 0.508. The van der Waals surface area contributed by atoms with E-state index in [9.17, 15) is 0 Å². The van der Waals surface area contributed by atoms with Crippen molar-refractivity contribution in [3.63, 3.8) is 0 Å². The van der Waals surface area contributed by atoms with E-state index in [1.807, 2.05) is 25.1 Å². The van der Waals surface area contributed by atoms with Crippen LogP contribution < -0.4 is 9.47 Å². The van der Waals surface area contributed by atoms with Crippen molar-refractivity contribution in [3.8, 4) is 11.5 Å². The average molecular weight is 372 g/mol. The molecule has 4 nitrogen and oxygen atoms in total. The first-order chi connectivity index (χ1) is 12.7. The summed E-state index contributed by atoms with van der Waals surface area (Å²) in [6, 6.07) is 14.3. The largest absolute Gasteiger partial charge is 0.490 e. The molecule has 0 saturated carbocycles. The summed E-state index contributed by atoms with van der Waals surface area (Å²) in [5, 5.41) is 0. The van der Waals surface area contributed by atoms with Crippen LogP contribution in [0.25, 0.3) is 0 Å². The van der Waals surface area contributed by atoms with Crippen molar-refractivity contribution in [2.75, 3.05) is 32.9 Å². The molecule has 26 heavy (non-hydrogen) atoms. The summed E-state index contributed by atoms with van der Waals surface area (Å²) < 4.78 is 17.2. The standard InChI is InChI=1S/C21H25NO3S/c1-3-24-20-14-18(21(26)22-10-12-23-13-11-22)8-9-19(20)25-15-17-6-4-16(2)5-7-17/h4-9,14H,3,10-13,15H2,1-2H3. The van der Waals surface area contributed by atoms with Crippen LogP contribution >= 0.6 is 12.2 Å². The highest BCUT2D eigenvalue weighted by Gasteiger charge is 2.17. The monoisotopic (exact) mass is 371 g/mol. The van der Waals surface area contributed by atoms with Gasteiger partial charge in [0.05, 0.1) is 19.8 Å². The maximum atomic E-state index is 5.99. The van der Waals surface area contributed by atoms with Crippen LogP contribution in [0.1, 0.15) is 23.6 Å². The molecule has 3 rings (SSSR count). The van der Waals surface area contributed by atoms with Gasteiger partial charge in [-0.05, 0) is 37.6 Å². The van der Waals surface area contributed by atoms with Gasteiger partial charge in [0.1, 0.15) is 11.6 Å². The molecule has 0 atom stereocenters. The minimum Gasteiger partial charge on any atom is -0.490 e. The summed E-state index contributed by atoms with van der Waals surface area (Å²) in [4.78, 5) is 3.01. The minimum atomic E-state index is 0.508. The average Bonchev–Trinajstić information content (AvgIpc) is 2.68. The van der Waals surface area contributed by atoms with Crippen LogP contribution in [0.3, 0.4) is 0 Å². The van der Waals surface area contributed by atoms with Crippen molar-refractivity contribution in [2.45, 2.75) is 20.5 Å². The van der Waals surface area contributed by atoms with Crippen LogP contribution in [0.5, 0.6) is 11.5 Å². The number of aryl methyl sites for hydroxylation is 1. The highest BCUT2D eigenvalue weighted by Crippen LogP contribution is 2.30. The van der Waals surface area contributed by atoms with Crippen LogP contribution in [0, 0.1) is 6.92 Å². The van der Waals surface area contributed by atoms with Crippen LogP contribution in [-0.4, -0.2) is 42.8 Å². The summed E-state index contributed by atoms with van der Waals surface area (Å²) in [6.07, 6.45) is 0. The van der Waals surface area contributed by atoms with Gasteiger partial charge in [0.15, 0.2) is 11.5 Å². The van der Waals surface area contributed by atoms with Gasteiger partial charge < -0.3 is 19.1 Å². The lowest BCUT2D eigenvalue weighted by molar-refractivity contribution is 0.0693. The zero-order chi connectivity index (χ0) is 18.4. The smallest absolute Gasteiger partial charge is 0.161 e. The molecule has 5 heteroatoms. The number of rotatable bonds is 6. The number of benzene rings is 2. The summed E-state index contributed by atoms with van der Waals surface area (Å²) >= 11 is 5.65. The molecule has 1 fully saturated rings. The Morgan fingerprint density at radius 3 is 2.46 bits per heavy atom. The van der Waals surface area contributed by atoms with E-state index in [2.05, 4.69) is 36.1 Å². The Kier molecular flexibility index (Phi) is 6.47. The molecule has 0 amide bonds. The highest BCUT2D eigenvalue weighted by atomic mass is 32.1. The number of hydrogen-bond acceptors (Lipinski definition) is 4. The van der Waals surface area contributed by atoms with Gasteiger partial charge in [-0.25, -0.2) is 0 Å². The molecule has 1 saturated heterocycles. The van der Waals surface area contributed by atoms with Gasteiger partial charge in [0.25, 0.3) is 0 Å². The number of ether oxygens (including phenoxy) is 3. The third-order valence-electron chi connectivity index (χ3n) is 4.30. The van der Waals surface area contributed by atoms with Crippen molar-refractivity contribution < 1.29 is 14.2 Å². The van der Waals surface area contributed by atoms with Crippen molar-refractivity contribution in [1.29, 1.82) is 0 Å². The second kappa shape index (κ2) is 9.01. The molecule has 2 aromatic carbocycles. The van der Waals surface area contributed by atoms with Gasteiger partial charge >= 0.3 is 0 Å². The molecule has 0 spiro atoms. The molecule has 138 valence electrons. The molecule has 1 aliphatic rings. The molecule has 0 N–H and O–H groups in total. The molecule has 1 aliphatic heterocycles. The fourth-order valence-electron chi connectivity index (χ4n) is 2.82.